The Bertz CT molecular complexity index is 748. The summed E-state index contributed by atoms with van der Waals surface area (Å²) in [6.07, 6.45) is 0.290. The highest BCUT2D eigenvalue weighted by atomic mass is 16.4. The zero-order chi connectivity index (χ0) is 22.8. The molecule has 30 heavy (non-hydrogen) atoms. The number of nitrogens with one attached hydrogen (secondary N) is 3. The Balaban J connectivity index is 2.79. The summed E-state index contributed by atoms with van der Waals surface area (Å²) < 4.78 is 0. The van der Waals surface area contributed by atoms with E-state index < -0.39 is 41.8 Å². The van der Waals surface area contributed by atoms with Crippen molar-refractivity contribution in [2.45, 2.75) is 51.7 Å². The number of aromatic hydroxyl groups is 1. The summed E-state index contributed by atoms with van der Waals surface area (Å²) in [5.41, 5.74) is 6.03. The number of phenolic OH excluding ortho intramolecular Hbond substituents is 1. The van der Waals surface area contributed by atoms with Crippen LogP contribution in [-0.4, -0.2) is 58.6 Å². The number of amides is 3. The van der Waals surface area contributed by atoms with E-state index in [1.54, 1.807) is 12.1 Å². The van der Waals surface area contributed by atoms with Crippen molar-refractivity contribution in [3.05, 3.63) is 29.8 Å². The Morgan fingerprint density at radius 2 is 1.57 bits per heavy atom. The SMILES string of the molecule is CC(C)CC(NC(=O)CNC(=O)C(C)N)C(=O)NC(Cc1ccc(O)cc1)C(=O)O. The van der Waals surface area contributed by atoms with Crippen molar-refractivity contribution >= 4 is 23.7 Å². The maximum absolute atomic E-state index is 12.7. The highest BCUT2D eigenvalue weighted by molar-refractivity contribution is 5.92. The average Bonchev–Trinajstić information content (AvgIpc) is 2.66. The van der Waals surface area contributed by atoms with Gasteiger partial charge in [0.25, 0.3) is 0 Å². The minimum atomic E-state index is -1.23. The van der Waals surface area contributed by atoms with Gasteiger partial charge in [-0.2, -0.15) is 0 Å². The first kappa shape index (κ1) is 24.9. The predicted molar refractivity (Wildman–Crippen MR) is 109 cm³/mol. The van der Waals surface area contributed by atoms with Crippen LogP contribution in [0.15, 0.2) is 24.3 Å². The second-order valence-electron chi connectivity index (χ2n) is 7.53. The van der Waals surface area contributed by atoms with E-state index >= 15 is 0 Å². The van der Waals surface area contributed by atoms with Gasteiger partial charge in [0.1, 0.15) is 17.8 Å². The molecule has 166 valence electrons. The van der Waals surface area contributed by atoms with Gasteiger partial charge in [-0.15, -0.1) is 0 Å². The van der Waals surface area contributed by atoms with E-state index in [4.69, 9.17) is 5.73 Å². The topological polar surface area (TPSA) is 171 Å². The monoisotopic (exact) mass is 422 g/mol. The van der Waals surface area contributed by atoms with Crippen LogP contribution in [0.5, 0.6) is 5.75 Å². The van der Waals surface area contributed by atoms with Gasteiger partial charge in [-0.05, 0) is 37.0 Å². The Labute approximate surface area is 175 Å². The Hall–Kier alpha value is -3.14. The van der Waals surface area contributed by atoms with Crippen LogP contribution < -0.4 is 21.7 Å². The molecule has 0 heterocycles. The molecule has 0 saturated heterocycles. The van der Waals surface area contributed by atoms with E-state index in [9.17, 15) is 29.4 Å². The molecule has 1 aromatic rings. The lowest BCUT2D eigenvalue weighted by atomic mass is 10.0. The van der Waals surface area contributed by atoms with Crippen LogP contribution in [0.25, 0.3) is 0 Å². The minimum Gasteiger partial charge on any atom is -0.508 e. The van der Waals surface area contributed by atoms with Gasteiger partial charge in [-0.25, -0.2) is 4.79 Å². The number of carbonyl (C=O) groups is 4. The van der Waals surface area contributed by atoms with Gasteiger partial charge >= 0.3 is 5.97 Å². The molecule has 10 nitrogen and oxygen atoms in total. The van der Waals surface area contributed by atoms with Gasteiger partial charge in [0.05, 0.1) is 12.6 Å². The van der Waals surface area contributed by atoms with E-state index in [1.807, 2.05) is 13.8 Å². The molecule has 3 amide bonds. The molecule has 3 atom stereocenters. The van der Waals surface area contributed by atoms with Gasteiger partial charge in [0.15, 0.2) is 0 Å². The first-order chi connectivity index (χ1) is 14.0. The normalized spacial score (nSPS) is 13.8. The van der Waals surface area contributed by atoms with Crippen molar-refractivity contribution in [1.82, 2.24) is 16.0 Å². The lowest BCUT2D eigenvalue weighted by Crippen LogP contribution is -2.54. The smallest absolute Gasteiger partial charge is 0.326 e. The van der Waals surface area contributed by atoms with Crippen molar-refractivity contribution in [2.24, 2.45) is 11.7 Å². The van der Waals surface area contributed by atoms with Crippen LogP contribution in [0.1, 0.15) is 32.8 Å². The molecule has 0 bridgehead atoms. The minimum absolute atomic E-state index is 0.00808. The molecule has 0 saturated carbocycles. The van der Waals surface area contributed by atoms with E-state index in [2.05, 4.69) is 16.0 Å². The zero-order valence-corrected chi connectivity index (χ0v) is 17.3. The summed E-state index contributed by atoms with van der Waals surface area (Å²) in [7, 11) is 0. The number of nitrogens with two attached hydrogens (primary N) is 1. The molecule has 0 aliphatic carbocycles. The van der Waals surface area contributed by atoms with Crippen molar-refractivity contribution in [1.29, 1.82) is 0 Å². The molecule has 3 unspecified atom stereocenters. The second kappa shape index (κ2) is 11.8. The summed E-state index contributed by atoms with van der Waals surface area (Å²) in [4.78, 5) is 47.9. The predicted octanol–water partition coefficient (Wildman–Crippen LogP) is -0.502. The van der Waals surface area contributed by atoms with Gasteiger partial charge in [-0.1, -0.05) is 26.0 Å². The summed E-state index contributed by atoms with van der Waals surface area (Å²) in [6.45, 7) is 4.84. The number of hydrogen-bond donors (Lipinski definition) is 6. The van der Waals surface area contributed by atoms with E-state index in [-0.39, 0.29) is 31.1 Å². The molecule has 10 heteroatoms. The first-order valence-electron chi connectivity index (χ1n) is 9.63. The number of hydrogen-bond acceptors (Lipinski definition) is 6. The molecule has 0 spiro atoms. The summed E-state index contributed by atoms with van der Waals surface area (Å²) in [5.74, 6) is -2.87. The summed E-state index contributed by atoms with van der Waals surface area (Å²) in [6, 6.07) is 3.02. The molecule has 0 radical (unpaired) electrons. The third-order valence-corrected chi connectivity index (χ3v) is 4.19. The number of carboxylic acids is 1. The highest BCUT2D eigenvalue weighted by Crippen LogP contribution is 2.12. The molecule has 0 aliphatic rings. The molecule has 7 N–H and O–H groups in total. The number of carboxylic acid groups (broad SMARTS) is 1. The lowest BCUT2D eigenvalue weighted by molar-refractivity contribution is -0.142. The van der Waals surface area contributed by atoms with Crippen LogP contribution in [0.3, 0.4) is 0 Å². The van der Waals surface area contributed by atoms with Gasteiger partial charge < -0.3 is 31.9 Å². The summed E-state index contributed by atoms with van der Waals surface area (Å²) >= 11 is 0. The Morgan fingerprint density at radius 1 is 0.967 bits per heavy atom. The number of benzene rings is 1. The third kappa shape index (κ3) is 8.91. The van der Waals surface area contributed by atoms with Gasteiger partial charge in [0, 0.05) is 6.42 Å². The number of rotatable bonds is 11. The van der Waals surface area contributed by atoms with E-state index in [1.165, 1.54) is 19.1 Å². The number of phenols is 1. The number of carbonyl (C=O) groups excluding carboxylic acids is 3. The standard InChI is InChI=1S/C20H30N4O6/c1-11(2)8-15(23-17(26)10-22-18(27)12(3)21)19(28)24-16(20(29)30)9-13-4-6-14(25)7-5-13/h4-7,11-12,15-16,25H,8-10,21H2,1-3H3,(H,22,27)(H,23,26)(H,24,28)(H,29,30). The lowest BCUT2D eigenvalue weighted by Gasteiger charge is -2.23. The molecule has 0 aromatic heterocycles. The average molecular weight is 422 g/mol. The van der Waals surface area contributed by atoms with Crippen LogP contribution >= 0.6 is 0 Å². The van der Waals surface area contributed by atoms with Crippen molar-refractivity contribution < 1.29 is 29.4 Å². The largest absolute Gasteiger partial charge is 0.508 e. The Morgan fingerprint density at radius 3 is 2.07 bits per heavy atom. The fourth-order valence-corrected chi connectivity index (χ4v) is 2.62. The second-order valence-corrected chi connectivity index (χ2v) is 7.53. The van der Waals surface area contributed by atoms with Crippen LogP contribution in [-0.2, 0) is 25.6 Å². The molecule has 1 aromatic carbocycles. The first-order valence-corrected chi connectivity index (χ1v) is 9.63. The maximum Gasteiger partial charge on any atom is 0.326 e. The molecule has 1 rings (SSSR count). The van der Waals surface area contributed by atoms with Crippen molar-refractivity contribution in [2.75, 3.05) is 6.54 Å². The van der Waals surface area contributed by atoms with Crippen LogP contribution in [0, 0.1) is 5.92 Å². The van der Waals surface area contributed by atoms with Crippen LogP contribution in [0.4, 0.5) is 0 Å². The Kier molecular flexibility index (Phi) is 9.76. The van der Waals surface area contributed by atoms with E-state index in [0.29, 0.717) is 5.56 Å². The maximum atomic E-state index is 12.7. The van der Waals surface area contributed by atoms with Gasteiger partial charge in [-0.3, -0.25) is 14.4 Å². The van der Waals surface area contributed by atoms with Crippen molar-refractivity contribution in [3.8, 4) is 5.75 Å². The van der Waals surface area contributed by atoms with Crippen LogP contribution in [0.2, 0.25) is 0 Å². The highest BCUT2D eigenvalue weighted by Gasteiger charge is 2.27. The molecular formula is C20H30N4O6. The van der Waals surface area contributed by atoms with Gasteiger partial charge in [0.2, 0.25) is 17.7 Å². The molecule has 0 fully saturated rings. The molecular weight excluding hydrogens is 392 g/mol. The quantitative estimate of drug-likeness (QED) is 0.279. The fraction of sp³-hybridized carbons (Fsp3) is 0.500. The third-order valence-electron chi connectivity index (χ3n) is 4.19. The fourth-order valence-electron chi connectivity index (χ4n) is 2.62. The molecule has 0 aliphatic heterocycles. The van der Waals surface area contributed by atoms with E-state index in [0.717, 1.165) is 0 Å². The zero-order valence-electron chi connectivity index (χ0n) is 17.3. The summed E-state index contributed by atoms with van der Waals surface area (Å²) in [5, 5.41) is 26.1. The number of aliphatic carboxylic acids is 1. The van der Waals surface area contributed by atoms with Crippen molar-refractivity contribution in [3.63, 3.8) is 0 Å².